The molecule has 2 aliphatic rings. The summed E-state index contributed by atoms with van der Waals surface area (Å²) in [4.78, 5) is 22.0. The normalized spacial score (nSPS) is 16.1. The summed E-state index contributed by atoms with van der Waals surface area (Å²) in [5.41, 5.74) is 4.88. The Balaban J connectivity index is 1.18. The van der Waals surface area contributed by atoms with Crippen molar-refractivity contribution in [2.24, 2.45) is 5.28 Å². The van der Waals surface area contributed by atoms with Gasteiger partial charge in [-0.25, -0.2) is 0 Å². The summed E-state index contributed by atoms with van der Waals surface area (Å²) in [6.07, 6.45) is 8.28. The molecule has 172 valence electrons. The molecule has 9 nitrogen and oxygen atoms in total. The predicted molar refractivity (Wildman–Crippen MR) is 122 cm³/mol. The van der Waals surface area contributed by atoms with Crippen molar-refractivity contribution in [2.45, 2.75) is 51.4 Å². The monoisotopic (exact) mass is 440 g/mol. The fourth-order valence-electron chi connectivity index (χ4n) is 4.38. The molecule has 0 bridgehead atoms. The van der Waals surface area contributed by atoms with Crippen LogP contribution in [0.25, 0.3) is 10.9 Å². The number of benzene rings is 1. The fourth-order valence-corrected chi connectivity index (χ4v) is 4.38. The van der Waals surface area contributed by atoms with Crippen LogP contribution < -0.4 is 10.6 Å². The molecule has 1 aromatic carbocycles. The molecule has 1 fully saturated rings. The first kappa shape index (κ1) is 22.1. The average molecular weight is 441 g/mol. The number of amides is 1. The highest BCUT2D eigenvalue weighted by Crippen LogP contribution is 2.33. The quantitative estimate of drug-likeness (QED) is 0.254. The van der Waals surface area contributed by atoms with Gasteiger partial charge < -0.3 is 20.7 Å². The molecule has 9 heteroatoms. The zero-order chi connectivity index (χ0) is 22.2. The summed E-state index contributed by atoms with van der Waals surface area (Å²) in [5.74, 6) is -0.272. The lowest BCUT2D eigenvalue weighted by Crippen LogP contribution is -2.30. The lowest BCUT2D eigenvalue weighted by atomic mass is 9.92. The standard InChI is InChI=1S/C23H32N6O3/c30-22(17-32-27-29(31)28-15-7-8-16-28)24-13-5-6-14-25-23-18-9-1-3-11-20(18)26-21-12-4-2-10-19(21)23/h1,3,9,11H,2,4-8,10,12-17H2,(H,24,30)(H,25,26)/b29-27-. The van der Waals surface area contributed by atoms with Crippen LogP contribution >= 0.6 is 0 Å². The minimum atomic E-state index is -0.272. The van der Waals surface area contributed by atoms with Gasteiger partial charge in [0, 0.05) is 29.9 Å². The number of unbranched alkanes of at least 4 members (excludes halogenated alkanes) is 1. The van der Waals surface area contributed by atoms with E-state index in [2.05, 4.69) is 34.1 Å². The van der Waals surface area contributed by atoms with Crippen molar-refractivity contribution in [3.05, 3.63) is 40.7 Å². The summed E-state index contributed by atoms with van der Waals surface area (Å²) in [7, 11) is 0. The Morgan fingerprint density at radius 2 is 1.91 bits per heavy atom. The minimum Gasteiger partial charge on any atom is -0.569 e. The lowest BCUT2D eigenvalue weighted by molar-refractivity contribution is -0.707. The van der Waals surface area contributed by atoms with Crippen molar-refractivity contribution in [2.75, 3.05) is 38.1 Å². The Bertz CT molecular complexity index is 958. The van der Waals surface area contributed by atoms with E-state index >= 15 is 0 Å². The van der Waals surface area contributed by atoms with E-state index in [1.165, 1.54) is 35.2 Å². The number of fused-ring (bicyclic) bond motifs is 2. The lowest BCUT2D eigenvalue weighted by Gasteiger charge is -2.21. The number of nitrogens with zero attached hydrogens (tertiary/aromatic N) is 4. The molecular formula is C23H32N6O3. The smallest absolute Gasteiger partial charge is 0.261 e. The van der Waals surface area contributed by atoms with Crippen LogP contribution in [0, 0.1) is 5.21 Å². The number of pyridine rings is 1. The molecule has 4 rings (SSSR count). The van der Waals surface area contributed by atoms with E-state index in [-0.39, 0.29) is 12.5 Å². The van der Waals surface area contributed by atoms with Gasteiger partial charge in [0.2, 0.25) is 11.9 Å². The number of aromatic nitrogens is 1. The van der Waals surface area contributed by atoms with E-state index in [1.807, 2.05) is 6.07 Å². The second-order valence-corrected chi connectivity index (χ2v) is 8.39. The number of aryl methyl sites for hydroxylation is 1. The first-order chi connectivity index (χ1) is 15.7. The van der Waals surface area contributed by atoms with Crippen molar-refractivity contribution < 1.29 is 14.6 Å². The van der Waals surface area contributed by atoms with E-state index in [0.717, 1.165) is 50.6 Å². The molecule has 0 saturated carbocycles. The molecule has 0 atom stereocenters. The summed E-state index contributed by atoms with van der Waals surface area (Å²) in [5, 5.41) is 24.3. The van der Waals surface area contributed by atoms with Crippen molar-refractivity contribution in [3.63, 3.8) is 0 Å². The number of para-hydroxylation sites is 1. The highest BCUT2D eigenvalue weighted by atomic mass is 16.7. The summed E-state index contributed by atoms with van der Waals surface area (Å²) >= 11 is 0. The van der Waals surface area contributed by atoms with E-state index in [0.29, 0.717) is 24.6 Å². The van der Waals surface area contributed by atoms with Crippen molar-refractivity contribution in [1.82, 2.24) is 15.3 Å². The number of hydrogen-bond acceptors (Lipinski definition) is 6. The zero-order valence-electron chi connectivity index (χ0n) is 18.5. The largest absolute Gasteiger partial charge is 0.569 e. The molecule has 32 heavy (non-hydrogen) atoms. The van der Waals surface area contributed by atoms with Crippen LogP contribution in [0.5, 0.6) is 0 Å². The number of hydrazine groups is 1. The SMILES string of the molecule is O=C(CO/N=[N+](\[O-])N1CCCC1)NCCCCNc1c2c(nc3ccccc13)CCCC2. The maximum atomic E-state index is 11.9. The van der Waals surface area contributed by atoms with Gasteiger partial charge in [-0.15, -0.1) is 5.01 Å². The molecular weight excluding hydrogens is 408 g/mol. The molecule has 1 aliphatic carbocycles. The highest BCUT2D eigenvalue weighted by Gasteiger charge is 2.19. The van der Waals surface area contributed by atoms with E-state index < -0.39 is 0 Å². The minimum absolute atomic E-state index is 0.250. The second kappa shape index (κ2) is 11.0. The van der Waals surface area contributed by atoms with Crippen LogP contribution in [0.1, 0.15) is 49.8 Å². The van der Waals surface area contributed by atoms with Crippen LogP contribution in [0.15, 0.2) is 29.5 Å². The third kappa shape index (κ3) is 5.57. The van der Waals surface area contributed by atoms with Crippen molar-refractivity contribution in [3.8, 4) is 0 Å². The highest BCUT2D eigenvalue weighted by molar-refractivity contribution is 5.93. The molecule has 2 aromatic rings. The van der Waals surface area contributed by atoms with Gasteiger partial charge >= 0.3 is 0 Å². The van der Waals surface area contributed by atoms with Gasteiger partial charge in [0.25, 0.3) is 5.91 Å². The van der Waals surface area contributed by atoms with E-state index in [1.54, 1.807) is 5.01 Å². The Hall–Kier alpha value is -3.10. The Morgan fingerprint density at radius 1 is 1.12 bits per heavy atom. The van der Waals surface area contributed by atoms with Crippen LogP contribution in [0.3, 0.4) is 0 Å². The van der Waals surface area contributed by atoms with E-state index in [4.69, 9.17) is 9.82 Å². The number of rotatable bonds is 10. The van der Waals surface area contributed by atoms with Gasteiger partial charge in [-0.3, -0.25) is 9.78 Å². The topological polar surface area (TPSA) is 105 Å². The Kier molecular flexibility index (Phi) is 7.58. The van der Waals surface area contributed by atoms with Gasteiger partial charge in [0.1, 0.15) is 0 Å². The second-order valence-electron chi connectivity index (χ2n) is 8.39. The number of nitrogens with one attached hydrogen (secondary N) is 2. The van der Waals surface area contributed by atoms with Gasteiger partial charge in [0.15, 0.2) is 0 Å². The molecule has 2 N–H and O–H groups in total. The maximum absolute atomic E-state index is 11.9. The Labute approximate surface area is 188 Å². The summed E-state index contributed by atoms with van der Waals surface area (Å²) < 4.78 is 0. The molecule has 1 amide bonds. The average Bonchev–Trinajstić information content (AvgIpc) is 3.36. The zero-order valence-corrected chi connectivity index (χ0v) is 18.5. The van der Waals surface area contributed by atoms with Gasteiger partial charge in [0.05, 0.1) is 23.6 Å². The van der Waals surface area contributed by atoms with Crippen LogP contribution in [0.2, 0.25) is 0 Å². The number of carbonyl (C=O) groups is 1. The van der Waals surface area contributed by atoms with Crippen LogP contribution in [0.4, 0.5) is 5.69 Å². The Morgan fingerprint density at radius 3 is 2.78 bits per heavy atom. The molecule has 1 aromatic heterocycles. The van der Waals surface area contributed by atoms with Gasteiger partial charge in [-0.1, -0.05) is 18.2 Å². The predicted octanol–water partition coefficient (Wildman–Crippen LogP) is 3.33. The molecule has 0 unspecified atom stereocenters. The number of hydrogen-bond donors (Lipinski definition) is 2. The maximum Gasteiger partial charge on any atom is 0.261 e. The van der Waals surface area contributed by atoms with Gasteiger partial charge in [-0.2, -0.15) is 0 Å². The summed E-state index contributed by atoms with van der Waals surface area (Å²) in [6, 6.07) is 8.31. The third-order valence-electron chi connectivity index (χ3n) is 6.04. The van der Waals surface area contributed by atoms with E-state index in [9.17, 15) is 10.0 Å². The molecule has 1 aliphatic heterocycles. The van der Waals surface area contributed by atoms with Crippen molar-refractivity contribution in [1.29, 1.82) is 0 Å². The number of anilines is 1. The first-order valence-corrected chi connectivity index (χ1v) is 11.7. The van der Waals surface area contributed by atoms with Crippen molar-refractivity contribution >= 4 is 22.5 Å². The first-order valence-electron chi connectivity index (χ1n) is 11.7. The summed E-state index contributed by atoms with van der Waals surface area (Å²) in [6.45, 7) is 2.50. The molecule has 0 spiro atoms. The third-order valence-corrected chi connectivity index (χ3v) is 6.04. The molecule has 1 saturated heterocycles. The van der Waals surface area contributed by atoms with Crippen LogP contribution in [-0.4, -0.2) is 53.7 Å². The molecule has 2 heterocycles. The fraction of sp³-hybridized carbons (Fsp3) is 0.565. The number of carbonyl (C=O) groups excluding carboxylic acids is 1. The van der Waals surface area contributed by atoms with Gasteiger partial charge in [-0.05, 0) is 63.0 Å². The van der Waals surface area contributed by atoms with Crippen LogP contribution in [-0.2, 0) is 22.5 Å². The molecule has 0 radical (unpaired) electrons.